The van der Waals surface area contributed by atoms with Crippen molar-refractivity contribution >= 4 is 69.4 Å². The molecule has 0 radical (unpaired) electrons. The Bertz CT molecular complexity index is 1370. The highest BCUT2D eigenvalue weighted by molar-refractivity contribution is 8.02. The number of carbonyl (C=O) groups is 3. The minimum absolute atomic E-state index is 0.0418. The van der Waals surface area contributed by atoms with Crippen molar-refractivity contribution < 1.29 is 24.7 Å². The number of nitrogens with one attached hydrogen (secondary N) is 2. The molecule has 35 heavy (non-hydrogen) atoms. The molecule has 0 bridgehead atoms. The summed E-state index contributed by atoms with van der Waals surface area (Å²) in [5.74, 6) is -2.63. The number of β-lactam (4-membered cyclic amide) rings is 1. The summed E-state index contributed by atoms with van der Waals surface area (Å²) in [6, 6.07) is 0.206. The van der Waals surface area contributed by atoms with Crippen LogP contribution in [-0.4, -0.2) is 70.8 Å². The van der Waals surface area contributed by atoms with Gasteiger partial charge in [0.15, 0.2) is 10.8 Å². The summed E-state index contributed by atoms with van der Waals surface area (Å²) in [5, 5.41) is 27.2. The first-order valence-electron chi connectivity index (χ1n) is 9.55. The Balaban J connectivity index is 1.49. The number of thiazole rings is 1. The van der Waals surface area contributed by atoms with Crippen molar-refractivity contribution in [3.8, 4) is 0 Å². The van der Waals surface area contributed by atoms with Gasteiger partial charge in [-0.25, -0.2) is 14.8 Å². The molecule has 1 saturated heterocycles. The number of anilines is 2. The van der Waals surface area contributed by atoms with Gasteiger partial charge in [-0.2, -0.15) is 0 Å². The molecule has 2 aromatic heterocycles. The summed E-state index contributed by atoms with van der Waals surface area (Å²) in [4.78, 5) is 60.0. The van der Waals surface area contributed by atoms with E-state index >= 15 is 0 Å². The fourth-order valence-corrected chi connectivity index (χ4v) is 5.85. The van der Waals surface area contributed by atoms with Gasteiger partial charge in [0.05, 0.1) is 0 Å². The summed E-state index contributed by atoms with van der Waals surface area (Å²) >= 11 is 3.34. The maximum atomic E-state index is 12.8. The number of carboxylic acids is 1. The lowest BCUT2D eigenvalue weighted by Gasteiger charge is -2.49. The first-order chi connectivity index (χ1) is 16.7. The summed E-state index contributed by atoms with van der Waals surface area (Å²) in [7, 11) is 0. The van der Waals surface area contributed by atoms with Gasteiger partial charge >= 0.3 is 5.97 Å². The standard InChI is InChI=1S/C18H16N8O6S3/c19-17-22-8(27)3-9(23-17)33-2-1-6-4-34-15-11(14(29)26(15)12(6)16(30)31)24-13(28)10(25-32)7-5-35-18(20)21-7/h1-3,5,11,15,32H,4H2,(H2,20,21)(H,24,28)(H,30,31)(H3,19,22,23,27)/b2-1+,25-10-/t11-,15-/m1/s1. The number of hydrogen-bond donors (Lipinski definition) is 6. The maximum absolute atomic E-state index is 12.8. The predicted molar refractivity (Wildman–Crippen MR) is 129 cm³/mol. The van der Waals surface area contributed by atoms with Crippen molar-refractivity contribution in [2.75, 3.05) is 17.2 Å². The van der Waals surface area contributed by atoms with Crippen LogP contribution in [-0.2, 0) is 14.4 Å². The van der Waals surface area contributed by atoms with Crippen molar-refractivity contribution in [3.05, 3.63) is 50.2 Å². The normalized spacial score (nSPS) is 20.1. The van der Waals surface area contributed by atoms with Crippen LogP contribution in [0.25, 0.3) is 0 Å². The molecule has 2 aromatic rings. The number of rotatable bonds is 7. The van der Waals surface area contributed by atoms with E-state index in [9.17, 15) is 29.5 Å². The number of H-pyrrole nitrogens is 1. The highest BCUT2D eigenvalue weighted by atomic mass is 32.2. The number of amides is 2. The second-order valence-corrected chi connectivity index (χ2v) is 9.87. The number of hydrogen-bond acceptors (Lipinski definition) is 13. The number of thioether (sulfide) groups is 2. The smallest absolute Gasteiger partial charge is 0.352 e. The van der Waals surface area contributed by atoms with E-state index in [1.165, 1.54) is 34.7 Å². The largest absolute Gasteiger partial charge is 0.477 e. The number of fused-ring (bicyclic) bond motifs is 1. The van der Waals surface area contributed by atoms with E-state index < -0.39 is 40.5 Å². The molecule has 182 valence electrons. The van der Waals surface area contributed by atoms with Gasteiger partial charge in [0.25, 0.3) is 17.4 Å². The molecule has 0 aliphatic carbocycles. The molecule has 2 aliphatic heterocycles. The van der Waals surface area contributed by atoms with Crippen LogP contribution in [0, 0.1) is 0 Å². The lowest BCUT2D eigenvalue weighted by molar-refractivity contribution is -0.150. The quantitative estimate of drug-likeness (QED) is 0.0664. The fourth-order valence-electron chi connectivity index (χ4n) is 3.29. The second kappa shape index (κ2) is 9.80. The Hall–Kier alpha value is -3.83. The number of nitrogens with zero attached hydrogens (tertiary/aromatic N) is 4. The number of nitrogens with two attached hydrogens (primary N) is 2. The minimum atomic E-state index is -1.31. The summed E-state index contributed by atoms with van der Waals surface area (Å²) in [5.41, 5.74) is 10.4. The van der Waals surface area contributed by atoms with Crippen LogP contribution in [0.3, 0.4) is 0 Å². The van der Waals surface area contributed by atoms with Gasteiger partial charge in [0.2, 0.25) is 5.95 Å². The monoisotopic (exact) mass is 536 g/mol. The third kappa shape index (κ3) is 4.86. The molecular formula is C18H16N8O6S3. The van der Waals surface area contributed by atoms with Crippen molar-refractivity contribution in [1.29, 1.82) is 0 Å². The van der Waals surface area contributed by atoms with E-state index in [4.69, 9.17) is 11.5 Å². The number of aliphatic carboxylic acids is 1. The van der Waals surface area contributed by atoms with Crippen molar-refractivity contribution in [2.45, 2.75) is 16.4 Å². The van der Waals surface area contributed by atoms with Crippen molar-refractivity contribution in [3.63, 3.8) is 0 Å². The number of nitrogen functional groups attached to an aromatic ring is 2. The average Bonchev–Trinajstić information content (AvgIpc) is 3.22. The number of aromatic nitrogens is 3. The van der Waals surface area contributed by atoms with E-state index in [1.54, 1.807) is 0 Å². The van der Waals surface area contributed by atoms with E-state index in [0.717, 1.165) is 28.0 Å². The Kier molecular flexibility index (Phi) is 6.81. The van der Waals surface area contributed by atoms with Gasteiger partial charge in [0.1, 0.15) is 27.8 Å². The molecule has 0 spiro atoms. The van der Waals surface area contributed by atoms with Crippen LogP contribution in [0.1, 0.15) is 5.69 Å². The SMILES string of the molecule is Nc1nc(S/C=C/C2=C(C(=O)O)N3C(=O)[C@@H](NC(=O)/C(=N\O)c4csc(N)n4)[C@H]3SC2)cc(=O)[nH]1. The highest BCUT2D eigenvalue weighted by Gasteiger charge is 2.54. The molecule has 4 heterocycles. The van der Waals surface area contributed by atoms with Crippen LogP contribution in [0.4, 0.5) is 11.1 Å². The van der Waals surface area contributed by atoms with E-state index in [0.29, 0.717) is 10.6 Å². The Morgan fingerprint density at radius 2 is 2.11 bits per heavy atom. The minimum Gasteiger partial charge on any atom is -0.477 e. The second-order valence-electron chi connectivity index (χ2n) is 6.95. The summed E-state index contributed by atoms with van der Waals surface area (Å²) < 4.78 is 0. The number of allylic oxidation sites excluding steroid dienone is 1. The molecule has 14 nitrogen and oxygen atoms in total. The van der Waals surface area contributed by atoms with E-state index in [1.807, 2.05) is 0 Å². The number of carboxylic acid groups (broad SMARTS) is 1. The van der Waals surface area contributed by atoms with Gasteiger partial charge < -0.3 is 27.1 Å². The van der Waals surface area contributed by atoms with Gasteiger partial charge in [-0.3, -0.25) is 24.3 Å². The topological polar surface area (TPSA) is 230 Å². The van der Waals surface area contributed by atoms with E-state index in [2.05, 4.69) is 25.4 Å². The van der Waals surface area contributed by atoms with Crippen molar-refractivity contribution in [1.82, 2.24) is 25.2 Å². The molecule has 8 N–H and O–H groups in total. The summed E-state index contributed by atoms with van der Waals surface area (Å²) in [6.45, 7) is 0. The molecule has 2 atom stereocenters. The lowest BCUT2D eigenvalue weighted by Crippen LogP contribution is -2.71. The Labute approximate surface area is 208 Å². The summed E-state index contributed by atoms with van der Waals surface area (Å²) in [6.07, 6.45) is 1.51. The average molecular weight is 537 g/mol. The van der Waals surface area contributed by atoms with Crippen LogP contribution in [0.5, 0.6) is 0 Å². The maximum Gasteiger partial charge on any atom is 0.352 e. The zero-order valence-electron chi connectivity index (χ0n) is 17.4. The molecule has 1 fully saturated rings. The first-order valence-corrected chi connectivity index (χ1v) is 12.4. The number of oxime groups is 1. The molecule has 17 heteroatoms. The molecule has 0 unspecified atom stereocenters. The van der Waals surface area contributed by atoms with Gasteiger partial charge in [-0.1, -0.05) is 16.9 Å². The highest BCUT2D eigenvalue weighted by Crippen LogP contribution is 2.41. The molecule has 2 aliphatic rings. The van der Waals surface area contributed by atoms with Gasteiger partial charge in [0, 0.05) is 17.2 Å². The van der Waals surface area contributed by atoms with Crippen LogP contribution in [0.2, 0.25) is 0 Å². The molecular weight excluding hydrogens is 520 g/mol. The fraction of sp³-hybridized carbons (Fsp3) is 0.167. The number of aromatic amines is 1. The molecule has 2 amide bonds. The van der Waals surface area contributed by atoms with Gasteiger partial charge in [-0.05, 0) is 17.1 Å². The zero-order chi connectivity index (χ0) is 25.3. The Morgan fingerprint density at radius 1 is 1.34 bits per heavy atom. The van der Waals surface area contributed by atoms with Crippen LogP contribution < -0.4 is 22.3 Å². The van der Waals surface area contributed by atoms with Crippen LogP contribution in [0.15, 0.2) is 49.2 Å². The van der Waals surface area contributed by atoms with Crippen molar-refractivity contribution in [2.24, 2.45) is 5.16 Å². The van der Waals surface area contributed by atoms with E-state index in [-0.39, 0.29) is 28.2 Å². The predicted octanol–water partition coefficient (Wildman–Crippen LogP) is -0.386. The first kappa shape index (κ1) is 24.3. The number of carbonyl (C=O) groups excluding carboxylic acids is 2. The zero-order valence-corrected chi connectivity index (χ0v) is 19.8. The molecule has 0 aromatic carbocycles. The third-order valence-corrected chi connectivity index (χ3v) is 7.46. The van der Waals surface area contributed by atoms with Gasteiger partial charge in [-0.15, -0.1) is 23.1 Å². The lowest BCUT2D eigenvalue weighted by atomic mass is 10.0. The Morgan fingerprint density at radius 3 is 2.74 bits per heavy atom. The molecule has 0 saturated carbocycles. The third-order valence-electron chi connectivity index (χ3n) is 4.76. The van der Waals surface area contributed by atoms with Crippen LogP contribution >= 0.6 is 34.9 Å². The molecule has 4 rings (SSSR count).